The standard InChI is InChI=1S/C13H20N2OS/c1-10-6-7-12(9-11(10)2)17-8-4-3-5-13(14)15-16/h6-7,9,16H,3-5,8H2,1-2H3,(H2,14,15). The molecule has 1 rings (SSSR count). The summed E-state index contributed by atoms with van der Waals surface area (Å²) in [6.07, 6.45) is 2.71. The van der Waals surface area contributed by atoms with Gasteiger partial charge in [0.1, 0.15) is 5.84 Å². The molecule has 0 radical (unpaired) electrons. The smallest absolute Gasteiger partial charge is 0.139 e. The fourth-order valence-corrected chi connectivity index (χ4v) is 2.46. The SMILES string of the molecule is Cc1ccc(SCCCC/C(N)=N/O)cc1C. The molecule has 0 unspecified atom stereocenters. The summed E-state index contributed by atoms with van der Waals surface area (Å²) in [6, 6.07) is 6.55. The number of amidine groups is 1. The van der Waals surface area contributed by atoms with Crippen molar-refractivity contribution >= 4 is 17.6 Å². The van der Waals surface area contributed by atoms with Crippen molar-refractivity contribution < 1.29 is 5.21 Å². The summed E-state index contributed by atoms with van der Waals surface area (Å²) in [7, 11) is 0. The highest BCUT2D eigenvalue weighted by Gasteiger charge is 1.98. The number of unbranched alkanes of at least 4 members (excludes halogenated alkanes) is 1. The number of oxime groups is 1. The van der Waals surface area contributed by atoms with E-state index >= 15 is 0 Å². The van der Waals surface area contributed by atoms with Gasteiger partial charge in [-0.2, -0.15) is 0 Å². The van der Waals surface area contributed by atoms with Crippen molar-refractivity contribution in [1.82, 2.24) is 0 Å². The number of nitrogens with zero attached hydrogens (tertiary/aromatic N) is 1. The maximum absolute atomic E-state index is 8.38. The van der Waals surface area contributed by atoms with Crippen LogP contribution in [0.15, 0.2) is 28.3 Å². The van der Waals surface area contributed by atoms with Crippen molar-refractivity contribution in [2.24, 2.45) is 10.9 Å². The highest BCUT2D eigenvalue weighted by Crippen LogP contribution is 2.22. The predicted molar refractivity (Wildman–Crippen MR) is 73.9 cm³/mol. The predicted octanol–water partition coefficient (Wildman–Crippen LogP) is 3.31. The average molecular weight is 252 g/mol. The summed E-state index contributed by atoms with van der Waals surface area (Å²) in [4.78, 5) is 1.32. The lowest BCUT2D eigenvalue weighted by molar-refractivity contribution is 0.316. The molecular weight excluding hydrogens is 232 g/mol. The quantitative estimate of drug-likeness (QED) is 0.204. The number of hydrogen-bond donors (Lipinski definition) is 2. The molecule has 0 spiro atoms. The fourth-order valence-electron chi connectivity index (χ4n) is 1.45. The van der Waals surface area contributed by atoms with Crippen molar-refractivity contribution in [3.05, 3.63) is 29.3 Å². The van der Waals surface area contributed by atoms with E-state index in [2.05, 4.69) is 37.2 Å². The van der Waals surface area contributed by atoms with Crippen molar-refractivity contribution in [2.45, 2.75) is 38.0 Å². The molecule has 0 fully saturated rings. The minimum Gasteiger partial charge on any atom is -0.409 e. The van der Waals surface area contributed by atoms with Gasteiger partial charge in [0, 0.05) is 11.3 Å². The number of benzene rings is 1. The lowest BCUT2D eigenvalue weighted by Gasteiger charge is -2.05. The third kappa shape index (κ3) is 5.13. The first-order valence-electron chi connectivity index (χ1n) is 5.80. The van der Waals surface area contributed by atoms with E-state index < -0.39 is 0 Å². The lowest BCUT2D eigenvalue weighted by Crippen LogP contribution is -2.10. The Morgan fingerprint density at radius 1 is 1.29 bits per heavy atom. The molecule has 3 N–H and O–H groups in total. The Morgan fingerprint density at radius 3 is 2.71 bits per heavy atom. The van der Waals surface area contributed by atoms with Crippen LogP contribution in [-0.2, 0) is 0 Å². The molecule has 0 amide bonds. The first-order valence-corrected chi connectivity index (χ1v) is 6.78. The van der Waals surface area contributed by atoms with Crippen LogP contribution >= 0.6 is 11.8 Å². The molecular formula is C13H20N2OS. The second-order valence-electron chi connectivity index (χ2n) is 4.14. The zero-order valence-electron chi connectivity index (χ0n) is 10.4. The first kappa shape index (κ1) is 13.9. The summed E-state index contributed by atoms with van der Waals surface area (Å²) in [5, 5.41) is 11.3. The zero-order chi connectivity index (χ0) is 12.7. The topological polar surface area (TPSA) is 58.6 Å². The maximum atomic E-state index is 8.38. The molecule has 17 heavy (non-hydrogen) atoms. The average Bonchev–Trinajstić information content (AvgIpc) is 2.33. The largest absolute Gasteiger partial charge is 0.409 e. The molecule has 1 aromatic rings. The highest BCUT2D eigenvalue weighted by atomic mass is 32.2. The highest BCUT2D eigenvalue weighted by molar-refractivity contribution is 7.99. The molecule has 3 nitrogen and oxygen atoms in total. The summed E-state index contributed by atoms with van der Waals surface area (Å²) in [6.45, 7) is 4.26. The molecule has 94 valence electrons. The van der Waals surface area contributed by atoms with E-state index in [1.54, 1.807) is 0 Å². The van der Waals surface area contributed by atoms with E-state index in [0.717, 1.165) is 18.6 Å². The van der Waals surface area contributed by atoms with Crippen LogP contribution in [0.3, 0.4) is 0 Å². The number of nitrogens with two attached hydrogens (primary N) is 1. The third-order valence-corrected chi connectivity index (χ3v) is 3.78. The van der Waals surface area contributed by atoms with Gasteiger partial charge in [-0.25, -0.2) is 0 Å². The molecule has 0 heterocycles. The van der Waals surface area contributed by atoms with Crippen LogP contribution in [0.5, 0.6) is 0 Å². The monoisotopic (exact) mass is 252 g/mol. The molecule has 4 heteroatoms. The van der Waals surface area contributed by atoms with Gasteiger partial charge >= 0.3 is 0 Å². The summed E-state index contributed by atoms with van der Waals surface area (Å²) < 4.78 is 0. The Bertz CT molecular complexity index is 391. The van der Waals surface area contributed by atoms with Crippen LogP contribution < -0.4 is 5.73 Å². The molecule has 1 aromatic carbocycles. The Kier molecular flexibility index (Phi) is 5.91. The Balaban J connectivity index is 2.24. The molecule has 0 saturated heterocycles. The molecule has 0 aliphatic heterocycles. The van der Waals surface area contributed by atoms with Crippen LogP contribution in [0.4, 0.5) is 0 Å². The Hall–Kier alpha value is -1.16. The first-order chi connectivity index (χ1) is 8.13. The second kappa shape index (κ2) is 7.22. The minimum atomic E-state index is 0.321. The van der Waals surface area contributed by atoms with E-state index in [0.29, 0.717) is 12.3 Å². The Labute approximate surface area is 107 Å². The number of thioether (sulfide) groups is 1. The van der Waals surface area contributed by atoms with E-state index in [9.17, 15) is 0 Å². The van der Waals surface area contributed by atoms with Gasteiger partial charge in [-0.3, -0.25) is 0 Å². The molecule has 0 bridgehead atoms. The third-order valence-electron chi connectivity index (χ3n) is 2.70. The van der Waals surface area contributed by atoms with Crippen LogP contribution in [0, 0.1) is 13.8 Å². The summed E-state index contributed by atoms with van der Waals surface area (Å²) in [5.74, 6) is 1.39. The molecule has 0 aliphatic carbocycles. The number of hydrogen-bond acceptors (Lipinski definition) is 3. The van der Waals surface area contributed by atoms with E-state index in [1.807, 2.05) is 11.8 Å². The maximum Gasteiger partial charge on any atom is 0.139 e. The molecule has 0 saturated carbocycles. The van der Waals surface area contributed by atoms with Gasteiger partial charge in [-0.05, 0) is 55.7 Å². The van der Waals surface area contributed by atoms with Gasteiger partial charge in [-0.15, -0.1) is 11.8 Å². The van der Waals surface area contributed by atoms with Crippen molar-refractivity contribution in [1.29, 1.82) is 0 Å². The summed E-state index contributed by atoms with van der Waals surface area (Å²) in [5.41, 5.74) is 8.07. The van der Waals surface area contributed by atoms with Crippen molar-refractivity contribution in [3.63, 3.8) is 0 Å². The zero-order valence-corrected chi connectivity index (χ0v) is 11.3. The van der Waals surface area contributed by atoms with E-state index in [1.165, 1.54) is 16.0 Å². The number of rotatable bonds is 6. The minimum absolute atomic E-state index is 0.321. The van der Waals surface area contributed by atoms with Crippen LogP contribution in [0.25, 0.3) is 0 Å². The second-order valence-corrected chi connectivity index (χ2v) is 5.31. The molecule has 0 atom stereocenters. The van der Waals surface area contributed by atoms with Gasteiger partial charge in [0.25, 0.3) is 0 Å². The van der Waals surface area contributed by atoms with Gasteiger partial charge in [0.2, 0.25) is 0 Å². The van der Waals surface area contributed by atoms with Crippen molar-refractivity contribution in [3.8, 4) is 0 Å². The normalized spacial score (nSPS) is 11.8. The van der Waals surface area contributed by atoms with Gasteiger partial charge in [0.15, 0.2) is 0 Å². The van der Waals surface area contributed by atoms with Crippen LogP contribution in [0.2, 0.25) is 0 Å². The molecule has 0 aliphatic rings. The Morgan fingerprint density at radius 2 is 2.06 bits per heavy atom. The fraction of sp³-hybridized carbons (Fsp3) is 0.462. The lowest BCUT2D eigenvalue weighted by atomic mass is 10.1. The summed E-state index contributed by atoms with van der Waals surface area (Å²) >= 11 is 1.86. The van der Waals surface area contributed by atoms with Gasteiger partial charge < -0.3 is 10.9 Å². The van der Waals surface area contributed by atoms with Crippen LogP contribution in [0.1, 0.15) is 30.4 Å². The van der Waals surface area contributed by atoms with Gasteiger partial charge in [0.05, 0.1) is 0 Å². The molecule has 0 aromatic heterocycles. The van der Waals surface area contributed by atoms with E-state index in [-0.39, 0.29) is 0 Å². The van der Waals surface area contributed by atoms with Crippen molar-refractivity contribution in [2.75, 3.05) is 5.75 Å². The van der Waals surface area contributed by atoms with Gasteiger partial charge in [-0.1, -0.05) is 11.2 Å². The van der Waals surface area contributed by atoms with Crippen LogP contribution in [-0.4, -0.2) is 16.8 Å². The van der Waals surface area contributed by atoms with E-state index in [4.69, 9.17) is 10.9 Å². The number of aryl methyl sites for hydroxylation is 2.